The quantitative estimate of drug-likeness (QED) is 0.644. The van der Waals surface area contributed by atoms with Gasteiger partial charge in [-0.1, -0.05) is 0 Å². The lowest BCUT2D eigenvalue weighted by Crippen LogP contribution is -2.14. The molecule has 0 spiro atoms. The molecule has 0 fully saturated rings. The molecule has 78 valence electrons. The second kappa shape index (κ2) is 4.86. The van der Waals surface area contributed by atoms with Gasteiger partial charge in [0, 0.05) is 17.9 Å². The number of aliphatic hydroxyl groups is 1. The van der Waals surface area contributed by atoms with Gasteiger partial charge in [0.15, 0.2) is 0 Å². The summed E-state index contributed by atoms with van der Waals surface area (Å²) in [7, 11) is 0. The van der Waals surface area contributed by atoms with E-state index in [0.717, 1.165) is 23.5 Å². The first-order valence-electron chi connectivity index (χ1n) is 4.92. The van der Waals surface area contributed by atoms with Gasteiger partial charge in [-0.3, -0.25) is 0 Å². The van der Waals surface area contributed by atoms with Crippen molar-refractivity contribution in [2.45, 2.75) is 27.0 Å². The van der Waals surface area contributed by atoms with Crippen molar-refractivity contribution in [1.29, 1.82) is 0 Å². The summed E-state index contributed by atoms with van der Waals surface area (Å²) in [6.07, 6.45) is -0.515. The van der Waals surface area contributed by atoms with E-state index in [1.165, 1.54) is 0 Å². The van der Waals surface area contributed by atoms with Crippen LogP contribution in [-0.4, -0.2) is 17.9 Å². The van der Waals surface area contributed by atoms with Crippen molar-refractivity contribution in [2.24, 2.45) is 0 Å². The molecule has 0 heterocycles. The number of hydrogen-bond acceptors (Lipinski definition) is 3. The minimum absolute atomic E-state index is 0.515. The van der Waals surface area contributed by atoms with E-state index in [1.54, 1.807) is 6.92 Å². The predicted octanol–water partition coefficient (Wildman–Crippen LogP) is 2.18. The molecule has 0 aliphatic rings. The van der Waals surface area contributed by atoms with Crippen LogP contribution < -0.4 is 10.6 Å². The first kappa shape index (κ1) is 10.9. The Balaban J connectivity index is 2.79. The minimum atomic E-state index is -0.515. The summed E-state index contributed by atoms with van der Waals surface area (Å²) < 4.78 is 0. The van der Waals surface area contributed by atoms with E-state index in [2.05, 4.69) is 23.6 Å². The molecule has 0 saturated carbocycles. The van der Waals surface area contributed by atoms with Gasteiger partial charge in [0.1, 0.15) is 6.23 Å². The monoisotopic (exact) mass is 194 g/mol. The van der Waals surface area contributed by atoms with Crippen LogP contribution in [0.5, 0.6) is 0 Å². The molecule has 3 nitrogen and oxygen atoms in total. The summed E-state index contributed by atoms with van der Waals surface area (Å²) >= 11 is 0. The van der Waals surface area contributed by atoms with Gasteiger partial charge in [-0.25, -0.2) is 0 Å². The van der Waals surface area contributed by atoms with E-state index >= 15 is 0 Å². The van der Waals surface area contributed by atoms with Crippen molar-refractivity contribution in [3.63, 3.8) is 0 Å². The molecule has 0 aromatic heterocycles. The molecule has 14 heavy (non-hydrogen) atoms. The van der Waals surface area contributed by atoms with E-state index in [9.17, 15) is 5.11 Å². The fraction of sp³-hybridized carbons (Fsp3) is 0.455. The Hall–Kier alpha value is -1.22. The van der Waals surface area contributed by atoms with Crippen LogP contribution >= 0.6 is 0 Å². The topological polar surface area (TPSA) is 44.3 Å². The first-order valence-corrected chi connectivity index (χ1v) is 4.92. The average Bonchev–Trinajstić information content (AvgIpc) is 2.10. The van der Waals surface area contributed by atoms with Crippen molar-refractivity contribution in [2.75, 3.05) is 17.2 Å². The highest BCUT2D eigenvalue weighted by atomic mass is 16.3. The number of rotatable bonds is 4. The molecule has 0 bridgehead atoms. The van der Waals surface area contributed by atoms with Crippen LogP contribution in [0.15, 0.2) is 18.2 Å². The van der Waals surface area contributed by atoms with Crippen LogP contribution in [-0.2, 0) is 0 Å². The van der Waals surface area contributed by atoms with Gasteiger partial charge in [0.05, 0.1) is 0 Å². The third-order valence-corrected chi connectivity index (χ3v) is 1.97. The molecule has 1 aromatic carbocycles. The third kappa shape index (κ3) is 2.92. The maximum atomic E-state index is 9.18. The zero-order chi connectivity index (χ0) is 10.6. The van der Waals surface area contributed by atoms with Gasteiger partial charge >= 0.3 is 0 Å². The lowest BCUT2D eigenvalue weighted by atomic mass is 10.1. The Labute approximate surface area is 85.2 Å². The molecule has 3 N–H and O–H groups in total. The highest BCUT2D eigenvalue weighted by Gasteiger charge is 2.01. The Morgan fingerprint density at radius 2 is 2.14 bits per heavy atom. The Bertz CT molecular complexity index is 297. The lowest BCUT2D eigenvalue weighted by Gasteiger charge is -2.13. The lowest BCUT2D eigenvalue weighted by molar-refractivity contribution is 0.224. The maximum Gasteiger partial charge on any atom is 0.121 e. The number of anilines is 2. The van der Waals surface area contributed by atoms with Gasteiger partial charge in [-0.2, -0.15) is 0 Å². The normalized spacial score (nSPS) is 12.3. The summed E-state index contributed by atoms with van der Waals surface area (Å²) in [5, 5.41) is 15.4. The molecule has 3 heteroatoms. The standard InChI is InChI=1S/C11H18N2O/c1-4-12-10-5-6-11(8(2)7-10)13-9(3)14/h5-7,9,12-14H,4H2,1-3H3. The number of benzene rings is 1. The van der Waals surface area contributed by atoms with Crippen molar-refractivity contribution in [1.82, 2.24) is 0 Å². The molecule has 0 aliphatic heterocycles. The second-order valence-electron chi connectivity index (χ2n) is 3.38. The zero-order valence-electron chi connectivity index (χ0n) is 8.96. The third-order valence-electron chi connectivity index (χ3n) is 1.97. The predicted molar refractivity (Wildman–Crippen MR) is 60.6 cm³/mol. The molecular weight excluding hydrogens is 176 g/mol. The van der Waals surface area contributed by atoms with Crippen LogP contribution in [0.25, 0.3) is 0 Å². The average molecular weight is 194 g/mol. The molecule has 0 saturated heterocycles. The summed E-state index contributed by atoms with van der Waals surface area (Å²) in [5.74, 6) is 0. The van der Waals surface area contributed by atoms with Crippen molar-refractivity contribution >= 4 is 11.4 Å². The molecule has 0 aliphatic carbocycles. The van der Waals surface area contributed by atoms with Gasteiger partial charge in [0.25, 0.3) is 0 Å². The second-order valence-corrected chi connectivity index (χ2v) is 3.38. The summed E-state index contributed by atoms with van der Waals surface area (Å²) in [4.78, 5) is 0. The molecule has 1 rings (SSSR count). The van der Waals surface area contributed by atoms with Crippen molar-refractivity contribution in [3.05, 3.63) is 23.8 Å². The number of hydrogen-bond donors (Lipinski definition) is 3. The first-order chi connectivity index (χ1) is 6.63. The largest absolute Gasteiger partial charge is 0.385 e. The van der Waals surface area contributed by atoms with Gasteiger partial charge in [0.2, 0.25) is 0 Å². The maximum absolute atomic E-state index is 9.18. The van der Waals surface area contributed by atoms with E-state index in [-0.39, 0.29) is 0 Å². The SMILES string of the molecule is CCNc1ccc(NC(C)O)c(C)c1. The van der Waals surface area contributed by atoms with Crippen LogP contribution in [0.2, 0.25) is 0 Å². The smallest absolute Gasteiger partial charge is 0.121 e. The van der Waals surface area contributed by atoms with Gasteiger partial charge in [-0.05, 0) is 44.5 Å². The van der Waals surface area contributed by atoms with Crippen molar-refractivity contribution < 1.29 is 5.11 Å². The van der Waals surface area contributed by atoms with Gasteiger partial charge in [-0.15, -0.1) is 0 Å². The van der Waals surface area contributed by atoms with Gasteiger partial charge < -0.3 is 15.7 Å². The number of aryl methyl sites for hydroxylation is 1. The van der Waals surface area contributed by atoms with E-state index in [1.807, 2.05) is 19.1 Å². The Morgan fingerprint density at radius 3 is 2.64 bits per heavy atom. The molecule has 1 aromatic rings. The highest BCUT2D eigenvalue weighted by molar-refractivity contribution is 5.59. The number of aliphatic hydroxyl groups excluding tert-OH is 1. The highest BCUT2D eigenvalue weighted by Crippen LogP contribution is 2.19. The Kier molecular flexibility index (Phi) is 3.77. The molecule has 1 unspecified atom stereocenters. The summed E-state index contributed by atoms with van der Waals surface area (Å²) in [6.45, 7) is 6.71. The fourth-order valence-corrected chi connectivity index (χ4v) is 1.36. The van der Waals surface area contributed by atoms with E-state index in [0.29, 0.717) is 0 Å². The zero-order valence-corrected chi connectivity index (χ0v) is 8.96. The van der Waals surface area contributed by atoms with Crippen LogP contribution in [0.4, 0.5) is 11.4 Å². The minimum Gasteiger partial charge on any atom is -0.385 e. The van der Waals surface area contributed by atoms with Crippen molar-refractivity contribution in [3.8, 4) is 0 Å². The Morgan fingerprint density at radius 1 is 1.43 bits per heavy atom. The van der Waals surface area contributed by atoms with Crippen LogP contribution in [0.3, 0.4) is 0 Å². The molecule has 0 amide bonds. The molecule has 1 atom stereocenters. The molecular formula is C11H18N2O. The number of nitrogens with one attached hydrogen (secondary N) is 2. The van der Waals surface area contributed by atoms with E-state index < -0.39 is 6.23 Å². The van der Waals surface area contributed by atoms with Crippen LogP contribution in [0.1, 0.15) is 19.4 Å². The van der Waals surface area contributed by atoms with Crippen LogP contribution in [0, 0.1) is 6.92 Å². The summed E-state index contributed by atoms with van der Waals surface area (Å²) in [6, 6.07) is 6.04. The fourth-order valence-electron chi connectivity index (χ4n) is 1.36. The van der Waals surface area contributed by atoms with E-state index in [4.69, 9.17) is 0 Å². The molecule has 0 radical (unpaired) electrons. The summed E-state index contributed by atoms with van der Waals surface area (Å²) in [5.41, 5.74) is 3.21.